The maximum Gasteiger partial charge on any atom is 0.0696 e. The topological polar surface area (TPSA) is 35.8 Å². The van der Waals surface area contributed by atoms with Crippen LogP contribution in [0.1, 0.15) is 0 Å². The third-order valence-electron chi connectivity index (χ3n) is 1.64. The third-order valence-corrected chi connectivity index (χ3v) is 1.64. The molecule has 0 aromatic carbocycles. The number of hydrogen-bond donors (Lipinski definition) is 1. The molecule has 1 rings (SSSR count). The molecule has 0 aliphatic carbocycles. The summed E-state index contributed by atoms with van der Waals surface area (Å²) in [6.07, 6.45) is 7.27. The van der Waals surface area contributed by atoms with Crippen LogP contribution in [0.5, 0.6) is 0 Å². The maximum atomic E-state index is 8.82. The first-order valence-electron chi connectivity index (χ1n) is 3.66. The van der Waals surface area contributed by atoms with E-state index in [1.54, 1.807) is 6.20 Å². The predicted molar refractivity (Wildman–Crippen MR) is 49.7 cm³/mol. The van der Waals surface area contributed by atoms with E-state index in [4.69, 9.17) is 5.11 Å². The van der Waals surface area contributed by atoms with E-state index in [0.29, 0.717) is 0 Å². The van der Waals surface area contributed by atoms with E-state index in [2.05, 4.69) is 11.7 Å². The van der Waals surface area contributed by atoms with E-state index < -0.39 is 0 Å². The van der Waals surface area contributed by atoms with Gasteiger partial charge in [-0.1, -0.05) is 6.08 Å². The molecule has 0 saturated carbocycles. The molecule has 0 aromatic heterocycles. The normalized spacial score (nSPS) is 19.7. The molecule has 3 heteroatoms. The van der Waals surface area contributed by atoms with E-state index in [9.17, 15) is 0 Å². The van der Waals surface area contributed by atoms with Crippen LogP contribution in [0.2, 0.25) is 0 Å². The summed E-state index contributed by atoms with van der Waals surface area (Å²) in [5, 5.41) is 8.82. The summed E-state index contributed by atoms with van der Waals surface area (Å²) in [5.74, 6) is 0. The molecule has 0 amide bonds. The number of likely N-dealkylation sites (N-methyl/N-ethyl adjacent to an activating group) is 1. The zero-order valence-corrected chi connectivity index (χ0v) is 7.07. The zero-order chi connectivity index (χ0) is 8.97. The van der Waals surface area contributed by atoms with Gasteiger partial charge in [-0.25, -0.2) is 0 Å². The molecule has 1 aliphatic rings. The number of aliphatic hydroxyl groups is 1. The largest absolute Gasteiger partial charge is 0.392 e. The van der Waals surface area contributed by atoms with Crippen LogP contribution in [0.25, 0.3) is 0 Å². The monoisotopic (exact) mass is 164 g/mol. The molecule has 1 aliphatic heterocycles. The van der Waals surface area contributed by atoms with E-state index in [1.807, 2.05) is 30.3 Å². The van der Waals surface area contributed by atoms with Crippen molar-refractivity contribution in [1.82, 2.24) is 4.90 Å². The summed E-state index contributed by atoms with van der Waals surface area (Å²) in [4.78, 5) is 5.55. The average Bonchev–Trinajstić information content (AvgIpc) is 2.09. The number of nitrogens with zero attached hydrogens (tertiary/aromatic N) is 2. The summed E-state index contributed by atoms with van der Waals surface area (Å²) in [7, 11) is 1.90. The van der Waals surface area contributed by atoms with Crippen LogP contribution >= 0.6 is 0 Å². The second-order valence-corrected chi connectivity index (χ2v) is 2.54. The van der Waals surface area contributed by atoms with Gasteiger partial charge in [0, 0.05) is 19.4 Å². The lowest BCUT2D eigenvalue weighted by atomic mass is 10.2. The Morgan fingerprint density at radius 1 is 1.67 bits per heavy atom. The first kappa shape index (κ1) is 8.74. The highest BCUT2D eigenvalue weighted by Gasteiger charge is 2.04. The number of aliphatic imine (C=N–C) groups is 1. The fourth-order valence-corrected chi connectivity index (χ4v) is 0.997. The molecule has 0 saturated heterocycles. The van der Waals surface area contributed by atoms with Gasteiger partial charge in [0.15, 0.2) is 0 Å². The first-order chi connectivity index (χ1) is 5.77. The number of hydrogen-bond acceptors (Lipinski definition) is 3. The molecule has 1 N–H and O–H groups in total. The first-order valence-corrected chi connectivity index (χ1v) is 3.66. The van der Waals surface area contributed by atoms with Crippen molar-refractivity contribution < 1.29 is 5.11 Å². The molecule has 0 aromatic rings. The van der Waals surface area contributed by atoms with Crippen LogP contribution < -0.4 is 0 Å². The van der Waals surface area contributed by atoms with Gasteiger partial charge < -0.3 is 10.0 Å². The van der Waals surface area contributed by atoms with E-state index in [-0.39, 0.29) is 6.61 Å². The lowest BCUT2D eigenvalue weighted by Gasteiger charge is -2.19. The fourth-order valence-electron chi connectivity index (χ4n) is 0.997. The smallest absolute Gasteiger partial charge is 0.0696 e. The summed E-state index contributed by atoms with van der Waals surface area (Å²) >= 11 is 0. The van der Waals surface area contributed by atoms with Crippen molar-refractivity contribution in [3.8, 4) is 0 Å². The SMILES string of the molecule is C=N/C=C1/C=CC(CO)=CN1C. The molecule has 1 heterocycles. The molecule has 0 bridgehead atoms. The van der Waals surface area contributed by atoms with E-state index in [1.165, 1.54) is 0 Å². The second-order valence-electron chi connectivity index (χ2n) is 2.54. The second kappa shape index (κ2) is 3.88. The molecule has 0 spiro atoms. The molecule has 0 unspecified atom stereocenters. The number of allylic oxidation sites excluding steroid dienone is 1. The van der Waals surface area contributed by atoms with Crippen LogP contribution in [0.4, 0.5) is 0 Å². The van der Waals surface area contributed by atoms with Crippen LogP contribution in [0, 0.1) is 0 Å². The fraction of sp³-hybridized carbons (Fsp3) is 0.222. The van der Waals surface area contributed by atoms with Gasteiger partial charge in [0.1, 0.15) is 0 Å². The van der Waals surface area contributed by atoms with Crippen molar-refractivity contribution in [2.24, 2.45) is 4.99 Å². The van der Waals surface area contributed by atoms with Crippen molar-refractivity contribution in [1.29, 1.82) is 0 Å². The lowest BCUT2D eigenvalue weighted by Crippen LogP contribution is -2.13. The van der Waals surface area contributed by atoms with Crippen molar-refractivity contribution in [3.63, 3.8) is 0 Å². The van der Waals surface area contributed by atoms with Gasteiger partial charge in [0.05, 0.1) is 12.3 Å². The Morgan fingerprint density at radius 3 is 2.92 bits per heavy atom. The van der Waals surface area contributed by atoms with Crippen LogP contribution in [0.3, 0.4) is 0 Å². The maximum absolute atomic E-state index is 8.82. The van der Waals surface area contributed by atoms with Crippen LogP contribution in [-0.4, -0.2) is 30.4 Å². The molecule has 3 nitrogen and oxygen atoms in total. The van der Waals surface area contributed by atoms with Gasteiger partial charge in [-0.3, -0.25) is 4.99 Å². The van der Waals surface area contributed by atoms with E-state index >= 15 is 0 Å². The standard InChI is InChI=1S/C9H12N2O/c1-10-5-9-4-3-8(7-12)6-11(9)2/h3-6,12H,1,7H2,2H3/b9-5-. The molecule has 0 fully saturated rings. The minimum atomic E-state index is 0.0651. The Kier molecular flexibility index (Phi) is 2.82. The number of aliphatic hydroxyl groups excluding tert-OH is 1. The van der Waals surface area contributed by atoms with Crippen molar-refractivity contribution in [3.05, 3.63) is 35.8 Å². The Hall–Kier alpha value is -1.35. The highest BCUT2D eigenvalue weighted by atomic mass is 16.3. The van der Waals surface area contributed by atoms with Gasteiger partial charge in [0.25, 0.3) is 0 Å². The summed E-state index contributed by atoms with van der Waals surface area (Å²) in [6.45, 7) is 3.44. The Labute approximate surface area is 72.0 Å². The minimum absolute atomic E-state index is 0.0651. The predicted octanol–water partition coefficient (Wildman–Crippen LogP) is 0.906. The van der Waals surface area contributed by atoms with Crippen molar-refractivity contribution in [2.75, 3.05) is 13.7 Å². The summed E-state index contributed by atoms with van der Waals surface area (Å²) < 4.78 is 0. The van der Waals surface area contributed by atoms with Gasteiger partial charge in [-0.2, -0.15) is 0 Å². The molecule has 0 atom stereocenters. The van der Waals surface area contributed by atoms with Gasteiger partial charge in [-0.15, -0.1) is 0 Å². The quantitative estimate of drug-likeness (QED) is 0.616. The highest BCUT2D eigenvalue weighted by molar-refractivity contribution is 5.35. The Bertz CT molecular complexity index is 264. The molecule has 0 radical (unpaired) electrons. The average molecular weight is 164 g/mol. The highest BCUT2D eigenvalue weighted by Crippen LogP contribution is 2.13. The van der Waals surface area contributed by atoms with E-state index in [0.717, 1.165) is 11.3 Å². The van der Waals surface area contributed by atoms with Crippen molar-refractivity contribution in [2.45, 2.75) is 0 Å². The molecule has 12 heavy (non-hydrogen) atoms. The molecule has 64 valence electrons. The summed E-state index contributed by atoms with van der Waals surface area (Å²) in [6, 6.07) is 0. The minimum Gasteiger partial charge on any atom is -0.392 e. The van der Waals surface area contributed by atoms with Gasteiger partial charge in [-0.05, 0) is 18.4 Å². The Morgan fingerprint density at radius 2 is 2.42 bits per heavy atom. The Balaban J connectivity index is 2.81. The van der Waals surface area contributed by atoms with Crippen LogP contribution in [0.15, 0.2) is 40.8 Å². The zero-order valence-electron chi connectivity index (χ0n) is 7.07. The van der Waals surface area contributed by atoms with Crippen molar-refractivity contribution >= 4 is 6.72 Å². The number of rotatable bonds is 2. The lowest BCUT2D eigenvalue weighted by molar-refractivity contribution is 0.331. The van der Waals surface area contributed by atoms with Crippen LogP contribution in [-0.2, 0) is 0 Å². The van der Waals surface area contributed by atoms with Gasteiger partial charge >= 0.3 is 0 Å². The summed E-state index contributed by atoms with van der Waals surface area (Å²) in [5.41, 5.74) is 1.85. The van der Waals surface area contributed by atoms with Gasteiger partial charge in [0.2, 0.25) is 0 Å². The third kappa shape index (κ3) is 1.83. The molecular weight excluding hydrogens is 152 g/mol. The molecular formula is C9H12N2O.